The Bertz CT molecular complexity index is 802. The van der Waals surface area contributed by atoms with Gasteiger partial charge in [-0.2, -0.15) is 0 Å². The first-order valence-electron chi connectivity index (χ1n) is 13.9. The molecule has 4 aliphatic carbocycles. The summed E-state index contributed by atoms with van der Waals surface area (Å²) in [5.41, 5.74) is 3.82. The molecule has 0 aliphatic heterocycles. The van der Waals surface area contributed by atoms with Crippen LogP contribution in [0.3, 0.4) is 0 Å². The van der Waals surface area contributed by atoms with Crippen LogP contribution >= 0.6 is 0 Å². The molecule has 33 heavy (non-hydrogen) atoms. The molecule has 0 aromatic rings. The van der Waals surface area contributed by atoms with Crippen LogP contribution in [0.1, 0.15) is 106 Å². The van der Waals surface area contributed by atoms with Gasteiger partial charge in [0.15, 0.2) is 0 Å². The molecule has 1 amide bonds. The average molecular weight is 456 g/mol. The van der Waals surface area contributed by atoms with Gasteiger partial charge in [0.2, 0.25) is 5.91 Å². The topological polar surface area (TPSA) is 40.5 Å². The van der Waals surface area contributed by atoms with Gasteiger partial charge in [0.25, 0.3) is 0 Å². The Hall–Kier alpha value is -1.09. The van der Waals surface area contributed by atoms with E-state index in [0.29, 0.717) is 29.1 Å². The van der Waals surface area contributed by atoms with Crippen molar-refractivity contribution in [2.45, 2.75) is 124 Å². The third-order valence-corrected chi connectivity index (χ3v) is 10.4. The fraction of sp³-hybridized carbons (Fsp3) is 0.833. The molecule has 0 saturated heterocycles. The van der Waals surface area contributed by atoms with Gasteiger partial charge in [-0.1, -0.05) is 44.1 Å². The van der Waals surface area contributed by atoms with Gasteiger partial charge in [0.1, 0.15) is 0 Å². The lowest BCUT2D eigenvalue weighted by Crippen LogP contribution is -2.50. The molecule has 0 heterocycles. The summed E-state index contributed by atoms with van der Waals surface area (Å²) in [5, 5.41) is 10.3. The summed E-state index contributed by atoms with van der Waals surface area (Å²) in [6.45, 7) is 15.9. The summed E-state index contributed by atoms with van der Waals surface area (Å²) in [7, 11) is 0. The largest absolute Gasteiger partial charge is 0.393 e. The number of rotatable bonds is 6. The number of hydrogen-bond donors (Lipinski definition) is 1. The minimum Gasteiger partial charge on any atom is -0.393 e. The Morgan fingerprint density at radius 1 is 1.00 bits per heavy atom. The van der Waals surface area contributed by atoms with E-state index in [0.717, 1.165) is 43.4 Å². The summed E-state index contributed by atoms with van der Waals surface area (Å²) >= 11 is 0. The summed E-state index contributed by atoms with van der Waals surface area (Å²) in [4.78, 5) is 15.0. The van der Waals surface area contributed by atoms with Crippen molar-refractivity contribution in [2.24, 2.45) is 34.5 Å². The van der Waals surface area contributed by atoms with E-state index < -0.39 is 0 Å². The molecule has 0 aromatic heterocycles. The zero-order chi connectivity index (χ0) is 24.1. The molecule has 0 radical (unpaired) electrons. The molecule has 0 unspecified atom stereocenters. The van der Waals surface area contributed by atoms with Crippen LogP contribution in [0.4, 0.5) is 0 Å². The smallest absolute Gasteiger partial charge is 0.223 e. The van der Waals surface area contributed by atoms with E-state index in [-0.39, 0.29) is 18.2 Å². The van der Waals surface area contributed by atoms with Gasteiger partial charge in [0, 0.05) is 18.5 Å². The summed E-state index contributed by atoms with van der Waals surface area (Å²) in [5.74, 6) is 3.09. The normalized spacial score (nSPS) is 38.8. The predicted molar refractivity (Wildman–Crippen MR) is 137 cm³/mol. The van der Waals surface area contributed by atoms with Crippen molar-refractivity contribution in [1.82, 2.24) is 4.90 Å². The Balaban J connectivity index is 1.45. The Morgan fingerprint density at radius 3 is 2.33 bits per heavy atom. The molecule has 7 atom stereocenters. The van der Waals surface area contributed by atoms with Crippen molar-refractivity contribution in [3.05, 3.63) is 23.3 Å². The summed E-state index contributed by atoms with van der Waals surface area (Å²) < 4.78 is 0. The molecule has 0 spiro atoms. The Labute approximate surface area is 203 Å². The number of amides is 1. The highest BCUT2D eigenvalue weighted by atomic mass is 16.3. The van der Waals surface area contributed by atoms with Crippen LogP contribution < -0.4 is 0 Å². The minimum atomic E-state index is -0.125. The van der Waals surface area contributed by atoms with E-state index in [9.17, 15) is 9.90 Å². The van der Waals surface area contributed by atoms with E-state index >= 15 is 0 Å². The SMILES string of the molecule is CC(C)N(C(=O)CC[C@@H](C)C1=CC[C@H]2[C@@H]3CC=C4C[C@@H](O)CC[C@]4(C)[C@H]3CC[C@]12C)C(C)C. The number of carbonyl (C=O) groups excluding carboxylic acids is 1. The van der Waals surface area contributed by atoms with Crippen LogP contribution in [0.5, 0.6) is 0 Å². The predicted octanol–water partition coefficient (Wildman–Crippen LogP) is 6.91. The molecule has 0 aromatic carbocycles. The number of aliphatic hydroxyl groups is 1. The molecular weight excluding hydrogens is 406 g/mol. The molecule has 2 saturated carbocycles. The van der Waals surface area contributed by atoms with Crippen LogP contribution in [-0.4, -0.2) is 34.1 Å². The van der Waals surface area contributed by atoms with Crippen LogP contribution in [0.2, 0.25) is 0 Å². The first kappa shape index (κ1) is 25.0. The van der Waals surface area contributed by atoms with Crippen LogP contribution in [-0.2, 0) is 4.79 Å². The lowest BCUT2D eigenvalue weighted by atomic mass is 9.47. The van der Waals surface area contributed by atoms with E-state index in [1.54, 1.807) is 11.1 Å². The number of carbonyl (C=O) groups is 1. The molecule has 3 nitrogen and oxygen atoms in total. The molecule has 4 rings (SSSR count). The van der Waals surface area contributed by atoms with Crippen molar-refractivity contribution < 1.29 is 9.90 Å². The monoisotopic (exact) mass is 455 g/mol. The molecule has 0 bridgehead atoms. The standard InChI is InChI=1S/C30H49NO2/c1-19(2)31(20(3)4)28(33)13-8-21(5)25-11-12-26-24-10-9-22-18-23(32)14-16-29(22,6)27(24)15-17-30(25,26)7/h9,11,19-21,23-24,26-27,32H,8,10,12-18H2,1-7H3/t21-,23+,24+,26+,27+,29+,30-/m1/s1. The van der Waals surface area contributed by atoms with Crippen molar-refractivity contribution in [3.63, 3.8) is 0 Å². The third-order valence-electron chi connectivity index (χ3n) is 10.4. The maximum atomic E-state index is 13.0. The van der Waals surface area contributed by atoms with Gasteiger partial charge in [-0.15, -0.1) is 0 Å². The van der Waals surface area contributed by atoms with E-state index in [1.165, 1.54) is 25.7 Å². The number of aliphatic hydroxyl groups excluding tert-OH is 1. The van der Waals surface area contributed by atoms with E-state index in [4.69, 9.17) is 0 Å². The maximum Gasteiger partial charge on any atom is 0.223 e. The molecule has 186 valence electrons. The molecule has 2 fully saturated rings. The lowest BCUT2D eigenvalue weighted by molar-refractivity contribution is -0.135. The molecule has 4 aliphatic rings. The lowest BCUT2D eigenvalue weighted by Gasteiger charge is -2.58. The van der Waals surface area contributed by atoms with Crippen LogP contribution in [0, 0.1) is 34.5 Å². The first-order valence-corrected chi connectivity index (χ1v) is 13.9. The van der Waals surface area contributed by atoms with Gasteiger partial charge >= 0.3 is 0 Å². The zero-order valence-electron chi connectivity index (χ0n) is 22.4. The first-order chi connectivity index (χ1) is 15.5. The second kappa shape index (κ2) is 9.17. The third kappa shape index (κ3) is 4.26. The van der Waals surface area contributed by atoms with Gasteiger partial charge < -0.3 is 10.0 Å². The van der Waals surface area contributed by atoms with E-state index in [2.05, 4.69) is 65.5 Å². The van der Waals surface area contributed by atoms with Crippen molar-refractivity contribution >= 4 is 5.91 Å². The highest BCUT2D eigenvalue weighted by molar-refractivity contribution is 5.76. The Kier molecular flexibility index (Phi) is 6.95. The maximum absolute atomic E-state index is 13.0. The fourth-order valence-corrected chi connectivity index (χ4v) is 8.80. The van der Waals surface area contributed by atoms with Crippen LogP contribution in [0.15, 0.2) is 23.3 Å². The van der Waals surface area contributed by atoms with Crippen molar-refractivity contribution in [3.8, 4) is 0 Å². The minimum absolute atomic E-state index is 0.125. The number of fused-ring (bicyclic) bond motifs is 5. The van der Waals surface area contributed by atoms with Gasteiger partial charge in [-0.05, 0) is 114 Å². The van der Waals surface area contributed by atoms with Crippen molar-refractivity contribution in [1.29, 1.82) is 0 Å². The summed E-state index contributed by atoms with van der Waals surface area (Å²) in [6, 6.07) is 0.532. The zero-order valence-corrected chi connectivity index (χ0v) is 22.4. The summed E-state index contributed by atoms with van der Waals surface area (Å²) in [6.07, 6.45) is 14.7. The van der Waals surface area contributed by atoms with Crippen molar-refractivity contribution in [2.75, 3.05) is 0 Å². The highest BCUT2D eigenvalue weighted by Crippen LogP contribution is 2.65. The van der Waals surface area contributed by atoms with Gasteiger partial charge in [-0.3, -0.25) is 4.79 Å². The fourth-order valence-electron chi connectivity index (χ4n) is 8.80. The quantitative estimate of drug-likeness (QED) is 0.442. The second-order valence-electron chi connectivity index (χ2n) is 12.9. The van der Waals surface area contributed by atoms with Gasteiger partial charge in [-0.25, -0.2) is 0 Å². The highest BCUT2D eigenvalue weighted by Gasteiger charge is 2.56. The molecule has 1 N–H and O–H groups in total. The second-order valence-corrected chi connectivity index (χ2v) is 12.9. The number of hydrogen-bond acceptors (Lipinski definition) is 2. The molecule has 3 heteroatoms. The molecular formula is C30H49NO2. The van der Waals surface area contributed by atoms with Gasteiger partial charge in [0.05, 0.1) is 6.10 Å². The number of nitrogens with zero attached hydrogens (tertiary/aromatic N) is 1. The average Bonchev–Trinajstić information content (AvgIpc) is 3.09. The van der Waals surface area contributed by atoms with E-state index in [1.807, 2.05) is 0 Å². The van der Waals surface area contributed by atoms with Crippen LogP contribution in [0.25, 0.3) is 0 Å². The number of allylic oxidation sites excluding steroid dienone is 3. The Morgan fingerprint density at radius 2 is 1.67 bits per heavy atom.